The van der Waals surface area contributed by atoms with E-state index in [-0.39, 0.29) is 4.90 Å². The number of nitrogens with zero attached hydrogens (tertiary/aromatic N) is 1. The molecular formula is C21H20N2O2S. The van der Waals surface area contributed by atoms with Crippen LogP contribution in [0.15, 0.2) is 94.9 Å². The molecule has 3 aromatic rings. The van der Waals surface area contributed by atoms with E-state index in [4.69, 9.17) is 0 Å². The Morgan fingerprint density at radius 2 is 1.42 bits per heavy atom. The molecule has 26 heavy (non-hydrogen) atoms. The van der Waals surface area contributed by atoms with Crippen molar-refractivity contribution in [2.24, 2.45) is 5.10 Å². The number of hydrazone groups is 1. The molecule has 0 aliphatic rings. The van der Waals surface area contributed by atoms with Crippen LogP contribution in [-0.4, -0.2) is 14.1 Å². The molecule has 0 spiro atoms. The fourth-order valence-corrected chi connectivity index (χ4v) is 3.34. The molecule has 0 radical (unpaired) electrons. The van der Waals surface area contributed by atoms with E-state index in [0.29, 0.717) is 12.1 Å². The highest BCUT2D eigenvalue weighted by atomic mass is 32.2. The first kappa shape index (κ1) is 17.9. The van der Waals surface area contributed by atoms with Crippen LogP contribution in [-0.2, 0) is 16.4 Å². The summed E-state index contributed by atoms with van der Waals surface area (Å²) in [6.07, 6.45) is 0.529. The molecule has 0 aliphatic carbocycles. The molecule has 3 rings (SSSR count). The van der Waals surface area contributed by atoms with E-state index >= 15 is 0 Å². The third-order valence-electron chi connectivity index (χ3n) is 3.95. The van der Waals surface area contributed by atoms with E-state index in [0.717, 1.165) is 16.7 Å². The second-order valence-corrected chi connectivity index (χ2v) is 7.66. The van der Waals surface area contributed by atoms with Crippen LogP contribution in [0, 0.1) is 6.92 Å². The van der Waals surface area contributed by atoms with E-state index in [1.807, 2.05) is 67.6 Å². The Morgan fingerprint density at radius 1 is 0.846 bits per heavy atom. The van der Waals surface area contributed by atoms with Crippen molar-refractivity contribution in [1.82, 2.24) is 4.83 Å². The Balaban J connectivity index is 1.90. The van der Waals surface area contributed by atoms with Crippen molar-refractivity contribution in [3.63, 3.8) is 0 Å². The predicted octanol–water partition coefficient (Wildman–Crippen LogP) is 3.92. The van der Waals surface area contributed by atoms with Gasteiger partial charge in [0.25, 0.3) is 10.0 Å². The van der Waals surface area contributed by atoms with Crippen molar-refractivity contribution in [2.75, 3.05) is 0 Å². The molecule has 0 fully saturated rings. The van der Waals surface area contributed by atoms with Gasteiger partial charge in [-0.3, -0.25) is 0 Å². The normalized spacial score (nSPS) is 12.0. The molecule has 5 heteroatoms. The van der Waals surface area contributed by atoms with Crippen molar-refractivity contribution >= 4 is 15.7 Å². The molecule has 132 valence electrons. The lowest BCUT2D eigenvalue weighted by Gasteiger charge is -2.09. The quantitative estimate of drug-likeness (QED) is 0.532. The fraction of sp³-hybridized carbons (Fsp3) is 0.0952. The number of aryl methyl sites for hydroxylation is 1. The van der Waals surface area contributed by atoms with Crippen LogP contribution in [0.5, 0.6) is 0 Å². The third kappa shape index (κ3) is 4.58. The number of hydrogen-bond acceptors (Lipinski definition) is 3. The number of nitrogens with one attached hydrogen (secondary N) is 1. The van der Waals surface area contributed by atoms with E-state index in [2.05, 4.69) is 9.93 Å². The summed E-state index contributed by atoms with van der Waals surface area (Å²) < 4.78 is 25.0. The Kier molecular flexibility index (Phi) is 5.49. The van der Waals surface area contributed by atoms with Crippen molar-refractivity contribution < 1.29 is 8.42 Å². The monoisotopic (exact) mass is 364 g/mol. The van der Waals surface area contributed by atoms with Crippen LogP contribution in [0.2, 0.25) is 0 Å². The molecule has 0 heterocycles. The molecule has 0 aromatic heterocycles. The van der Waals surface area contributed by atoms with Gasteiger partial charge in [0.2, 0.25) is 0 Å². The molecule has 0 aliphatic heterocycles. The minimum atomic E-state index is -3.71. The minimum Gasteiger partial charge on any atom is -0.200 e. The summed E-state index contributed by atoms with van der Waals surface area (Å²) in [6.45, 7) is 1.91. The van der Waals surface area contributed by atoms with Gasteiger partial charge in [0.15, 0.2) is 0 Å². The van der Waals surface area contributed by atoms with Crippen molar-refractivity contribution in [3.05, 3.63) is 102 Å². The second kappa shape index (κ2) is 7.97. The second-order valence-electron chi connectivity index (χ2n) is 5.99. The lowest BCUT2D eigenvalue weighted by Crippen LogP contribution is -2.21. The van der Waals surface area contributed by atoms with Crippen molar-refractivity contribution in [1.29, 1.82) is 0 Å². The average molecular weight is 364 g/mol. The summed E-state index contributed by atoms with van der Waals surface area (Å²) >= 11 is 0. The first-order valence-corrected chi connectivity index (χ1v) is 9.77. The van der Waals surface area contributed by atoms with Gasteiger partial charge in [-0.05, 0) is 30.2 Å². The van der Waals surface area contributed by atoms with E-state index in [1.165, 1.54) is 0 Å². The summed E-state index contributed by atoms with van der Waals surface area (Å²) in [5, 5.41) is 4.24. The maximum Gasteiger partial charge on any atom is 0.276 e. The minimum absolute atomic E-state index is 0.193. The van der Waals surface area contributed by atoms with Crippen molar-refractivity contribution in [3.8, 4) is 0 Å². The largest absolute Gasteiger partial charge is 0.276 e. The molecule has 4 nitrogen and oxygen atoms in total. The van der Waals surface area contributed by atoms with Gasteiger partial charge in [-0.25, -0.2) is 0 Å². The van der Waals surface area contributed by atoms with Gasteiger partial charge < -0.3 is 0 Å². The summed E-state index contributed by atoms with van der Waals surface area (Å²) in [4.78, 5) is 2.57. The Hall–Kier alpha value is -2.92. The Labute approximate surface area is 154 Å². The molecule has 0 unspecified atom stereocenters. The molecule has 1 N–H and O–H groups in total. The Bertz CT molecular complexity index is 981. The fourth-order valence-electron chi connectivity index (χ4n) is 2.51. The molecular weight excluding hydrogens is 344 g/mol. The maximum absolute atomic E-state index is 12.5. The molecule has 0 saturated carbocycles. The van der Waals surface area contributed by atoms with Crippen LogP contribution >= 0.6 is 0 Å². The Morgan fingerprint density at radius 3 is 2.04 bits per heavy atom. The maximum atomic E-state index is 12.5. The SMILES string of the molecule is Cc1ccc(S(=O)(=O)N/N=C(\Cc2ccccc2)c2ccccc2)cc1. The third-order valence-corrected chi connectivity index (χ3v) is 5.18. The highest BCUT2D eigenvalue weighted by Crippen LogP contribution is 2.12. The molecule has 3 aromatic carbocycles. The van der Waals surface area contributed by atoms with Gasteiger partial charge in [-0.15, -0.1) is 0 Å². The molecule has 0 bridgehead atoms. The standard InChI is InChI=1S/C21H20N2O2S/c1-17-12-14-20(15-13-17)26(24,25)23-22-21(19-10-6-3-7-11-19)16-18-8-4-2-5-9-18/h2-15,23H,16H2,1H3/b22-21+. The molecule has 0 saturated heterocycles. The van der Waals surface area contributed by atoms with Gasteiger partial charge in [-0.1, -0.05) is 78.4 Å². The predicted molar refractivity (Wildman–Crippen MR) is 105 cm³/mol. The average Bonchev–Trinajstić information content (AvgIpc) is 2.67. The number of sulfonamides is 1. The van der Waals surface area contributed by atoms with Crippen LogP contribution < -0.4 is 4.83 Å². The molecule has 0 atom stereocenters. The smallest absolute Gasteiger partial charge is 0.200 e. The lowest BCUT2D eigenvalue weighted by molar-refractivity contribution is 0.584. The van der Waals surface area contributed by atoms with Gasteiger partial charge in [0, 0.05) is 6.42 Å². The number of rotatable bonds is 6. The summed E-state index contributed by atoms with van der Waals surface area (Å²) in [5.41, 5.74) is 3.60. The van der Waals surface area contributed by atoms with Gasteiger partial charge in [0.05, 0.1) is 10.6 Å². The number of benzene rings is 3. The van der Waals surface area contributed by atoms with Crippen LogP contribution in [0.1, 0.15) is 16.7 Å². The van der Waals surface area contributed by atoms with Crippen LogP contribution in [0.25, 0.3) is 0 Å². The molecule has 0 amide bonds. The first-order valence-electron chi connectivity index (χ1n) is 8.29. The highest BCUT2D eigenvalue weighted by Gasteiger charge is 2.14. The van der Waals surface area contributed by atoms with Gasteiger partial charge in [0.1, 0.15) is 0 Å². The first-order chi connectivity index (χ1) is 12.5. The summed E-state index contributed by atoms with van der Waals surface area (Å²) in [6, 6.07) is 26.1. The lowest BCUT2D eigenvalue weighted by atomic mass is 10.0. The summed E-state index contributed by atoms with van der Waals surface area (Å²) in [7, 11) is -3.71. The zero-order chi connectivity index (χ0) is 18.4. The van der Waals surface area contributed by atoms with Crippen molar-refractivity contribution in [2.45, 2.75) is 18.2 Å². The summed E-state index contributed by atoms with van der Waals surface area (Å²) in [5.74, 6) is 0. The zero-order valence-corrected chi connectivity index (χ0v) is 15.3. The topological polar surface area (TPSA) is 58.5 Å². The van der Waals surface area contributed by atoms with Gasteiger partial charge >= 0.3 is 0 Å². The zero-order valence-electron chi connectivity index (χ0n) is 14.5. The number of hydrogen-bond donors (Lipinski definition) is 1. The van der Waals surface area contributed by atoms with E-state index < -0.39 is 10.0 Å². The van der Waals surface area contributed by atoms with Crippen LogP contribution in [0.3, 0.4) is 0 Å². The van der Waals surface area contributed by atoms with Crippen LogP contribution in [0.4, 0.5) is 0 Å². The highest BCUT2D eigenvalue weighted by molar-refractivity contribution is 7.89. The van der Waals surface area contributed by atoms with E-state index in [9.17, 15) is 8.42 Å². The van der Waals surface area contributed by atoms with Gasteiger partial charge in [-0.2, -0.15) is 18.4 Å². The van der Waals surface area contributed by atoms with E-state index in [1.54, 1.807) is 24.3 Å².